The van der Waals surface area contributed by atoms with Gasteiger partial charge >= 0.3 is 5.97 Å². The molecule has 1 saturated carbocycles. The number of nitrogens with one attached hydrogen (secondary N) is 1. The number of hydrogen-bond acceptors (Lipinski definition) is 3. The van der Waals surface area contributed by atoms with Crippen LogP contribution in [0.3, 0.4) is 0 Å². The quantitative estimate of drug-likeness (QED) is 0.869. The third-order valence-electron chi connectivity index (χ3n) is 3.11. The molecule has 5 nitrogen and oxygen atoms in total. The van der Waals surface area contributed by atoms with Crippen LogP contribution in [0.5, 0.6) is 0 Å². The molecule has 1 amide bonds. The molecule has 2 rings (SSSR count). The van der Waals surface area contributed by atoms with E-state index in [2.05, 4.69) is 21.2 Å². The second-order valence-corrected chi connectivity index (χ2v) is 5.33. The number of benzene rings is 1. The molecule has 0 aliphatic heterocycles. The fourth-order valence-electron chi connectivity index (χ4n) is 1.95. The molecule has 2 N–H and O–H groups in total. The zero-order valence-corrected chi connectivity index (χ0v) is 11.9. The van der Waals surface area contributed by atoms with Gasteiger partial charge in [0, 0.05) is 22.8 Å². The highest BCUT2D eigenvalue weighted by Gasteiger charge is 2.48. The van der Waals surface area contributed by atoms with Crippen LogP contribution in [0.25, 0.3) is 0 Å². The van der Waals surface area contributed by atoms with Gasteiger partial charge in [-0.05, 0) is 18.6 Å². The fraction of sp³-hybridized carbons (Fsp3) is 0.385. The molecule has 0 bridgehead atoms. The molecule has 1 fully saturated rings. The Morgan fingerprint density at radius 3 is 2.79 bits per heavy atom. The SMILES string of the molecule is COCc1c(Br)cccc1NC(=O)C1CC1C(=O)O. The molecule has 1 aromatic carbocycles. The van der Waals surface area contributed by atoms with Crippen molar-refractivity contribution in [2.45, 2.75) is 13.0 Å². The summed E-state index contributed by atoms with van der Waals surface area (Å²) in [5.74, 6) is -2.13. The van der Waals surface area contributed by atoms with Crippen molar-refractivity contribution in [1.82, 2.24) is 0 Å². The van der Waals surface area contributed by atoms with Crippen molar-refractivity contribution in [3.8, 4) is 0 Å². The van der Waals surface area contributed by atoms with E-state index in [1.165, 1.54) is 0 Å². The van der Waals surface area contributed by atoms with E-state index in [4.69, 9.17) is 9.84 Å². The number of carbonyl (C=O) groups excluding carboxylic acids is 1. The van der Waals surface area contributed by atoms with Gasteiger partial charge in [-0.25, -0.2) is 0 Å². The average Bonchev–Trinajstić information content (AvgIpc) is 3.14. The summed E-state index contributed by atoms with van der Waals surface area (Å²) < 4.78 is 5.94. The van der Waals surface area contributed by atoms with Crippen LogP contribution in [0.2, 0.25) is 0 Å². The number of methoxy groups -OCH3 is 1. The molecule has 6 heteroatoms. The van der Waals surface area contributed by atoms with Crippen molar-refractivity contribution in [2.75, 3.05) is 12.4 Å². The van der Waals surface area contributed by atoms with Crippen molar-refractivity contribution in [2.24, 2.45) is 11.8 Å². The van der Waals surface area contributed by atoms with Crippen LogP contribution in [-0.2, 0) is 20.9 Å². The van der Waals surface area contributed by atoms with Crippen LogP contribution in [0.4, 0.5) is 5.69 Å². The van der Waals surface area contributed by atoms with Gasteiger partial charge in [0.25, 0.3) is 0 Å². The summed E-state index contributed by atoms with van der Waals surface area (Å²) in [6, 6.07) is 5.44. The van der Waals surface area contributed by atoms with E-state index in [1.807, 2.05) is 6.07 Å². The minimum absolute atomic E-state index is 0.247. The van der Waals surface area contributed by atoms with Crippen molar-refractivity contribution >= 4 is 33.5 Å². The Balaban J connectivity index is 2.09. The molecule has 0 saturated heterocycles. The molecule has 0 heterocycles. The fourth-order valence-corrected chi connectivity index (χ4v) is 2.43. The Kier molecular flexibility index (Phi) is 4.21. The smallest absolute Gasteiger partial charge is 0.307 e. The monoisotopic (exact) mass is 327 g/mol. The van der Waals surface area contributed by atoms with Crippen LogP contribution < -0.4 is 5.32 Å². The van der Waals surface area contributed by atoms with Crippen molar-refractivity contribution in [3.63, 3.8) is 0 Å². The van der Waals surface area contributed by atoms with Crippen molar-refractivity contribution in [3.05, 3.63) is 28.2 Å². The first kappa shape index (κ1) is 14.0. The topological polar surface area (TPSA) is 75.6 Å². The number of anilines is 1. The van der Waals surface area contributed by atoms with Crippen LogP contribution in [-0.4, -0.2) is 24.1 Å². The van der Waals surface area contributed by atoms with Gasteiger partial charge in [-0.1, -0.05) is 22.0 Å². The zero-order chi connectivity index (χ0) is 14.0. The number of carboxylic acids is 1. The summed E-state index contributed by atoms with van der Waals surface area (Å²) in [6.07, 6.45) is 0.411. The summed E-state index contributed by atoms with van der Waals surface area (Å²) in [5.41, 5.74) is 1.49. The summed E-state index contributed by atoms with van der Waals surface area (Å²) >= 11 is 3.40. The number of carbonyl (C=O) groups is 2. The van der Waals surface area contributed by atoms with Gasteiger partial charge in [-0.2, -0.15) is 0 Å². The highest BCUT2D eigenvalue weighted by atomic mass is 79.9. The number of rotatable bonds is 5. The van der Waals surface area contributed by atoms with Gasteiger partial charge < -0.3 is 15.2 Å². The highest BCUT2D eigenvalue weighted by molar-refractivity contribution is 9.10. The lowest BCUT2D eigenvalue weighted by Crippen LogP contribution is -2.18. The normalized spacial score (nSPS) is 20.9. The maximum Gasteiger partial charge on any atom is 0.307 e. The van der Waals surface area contributed by atoms with Crippen molar-refractivity contribution < 1.29 is 19.4 Å². The van der Waals surface area contributed by atoms with E-state index in [1.54, 1.807) is 19.2 Å². The number of aliphatic carboxylic acids is 1. The molecule has 2 atom stereocenters. The standard InChI is InChI=1S/C13H14BrNO4/c1-19-6-9-10(14)3-2-4-11(9)15-12(16)7-5-8(7)13(17)18/h2-4,7-8H,5-6H2,1H3,(H,15,16)(H,17,18). The van der Waals surface area contributed by atoms with E-state index in [0.29, 0.717) is 18.7 Å². The lowest BCUT2D eigenvalue weighted by atomic mass is 10.2. The van der Waals surface area contributed by atoms with Gasteiger partial charge in [-0.15, -0.1) is 0 Å². The number of halogens is 1. The second kappa shape index (κ2) is 5.71. The number of ether oxygens (including phenoxy) is 1. The Morgan fingerprint density at radius 1 is 1.47 bits per heavy atom. The first-order valence-corrected chi connectivity index (χ1v) is 6.64. The molecule has 19 heavy (non-hydrogen) atoms. The number of hydrogen-bond donors (Lipinski definition) is 2. The third-order valence-corrected chi connectivity index (χ3v) is 3.85. The molecular formula is C13H14BrNO4. The molecular weight excluding hydrogens is 314 g/mol. The lowest BCUT2D eigenvalue weighted by molar-refractivity contribution is -0.139. The molecule has 1 aromatic rings. The molecule has 1 aliphatic carbocycles. The minimum atomic E-state index is -0.911. The van der Waals surface area contributed by atoms with E-state index >= 15 is 0 Å². The van der Waals surface area contributed by atoms with Crippen LogP contribution in [0.15, 0.2) is 22.7 Å². The van der Waals surface area contributed by atoms with Gasteiger partial charge in [0.1, 0.15) is 0 Å². The van der Waals surface area contributed by atoms with Gasteiger partial charge in [0.15, 0.2) is 0 Å². The predicted molar refractivity (Wildman–Crippen MR) is 72.7 cm³/mol. The molecule has 2 unspecified atom stereocenters. The second-order valence-electron chi connectivity index (χ2n) is 4.48. The maximum atomic E-state index is 11.9. The van der Waals surface area contributed by atoms with E-state index in [9.17, 15) is 9.59 Å². The summed E-state index contributed by atoms with van der Waals surface area (Å²) in [5, 5.41) is 11.6. The summed E-state index contributed by atoms with van der Waals surface area (Å²) in [7, 11) is 1.58. The Bertz CT molecular complexity index is 517. The largest absolute Gasteiger partial charge is 0.481 e. The van der Waals surface area contributed by atoms with Crippen molar-refractivity contribution in [1.29, 1.82) is 0 Å². The van der Waals surface area contributed by atoms with Gasteiger partial charge in [0.05, 0.1) is 18.4 Å². The molecule has 102 valence electrons. The first-order valence-electron chi connectivity index (χ1n) is 5.84. The lowest BCUT2D eigenvalue weighted by Gasteiger charge is -2.12. The maximum absolute atomic E-state index is 11.9. The predicted octanol–water partition coefficient (Wildman–Crippen LogP) is 2.25. The zero-order valence-electron chi connectivity index (χ0n) is 10.4. The van der Waals surface area contributed by atoms with Gasteiger partial charge in [0.2, 0.25) is 5.91 Å². The van der Waals surface area contributed by atoms with E-state index in [-0.39, 0.29) is 5.91 Å². The van der Waals surface area contributed by atoms with Crippen LogP contribution in [0.1, 0.15) is 12.0 Å². The molecule has 0 radical (unpaired) electrons. The Hall–Kier alpha value is -1.40. The summed E-state index contributed by atoms with van der Waals surface area (Å²) in [6.45, 7) is 0.365. The van der Waals surface area contributed by atoms with Gasteiger partial charge in [-0.3, -0.25) is 9.59 Å². The van der Waals surface area contributed by atoms with E-state index < -0.39 is 17.8 Å². The third kappa shape index (κ3) is 3.13. The highest BCUT2D eigenvalue weighted by Crippen LogP contribution is 2.39. The summed E-state index contributed by atoms with van der Waals surface area (Å²) in [4.78, 5) is 22.7. The minimum Gasteiger partial charge on any atom is -0.481 e. The Morgan fingerprint density at radius 2 is 2.21 bits per heavy atom. The number of amides is 1. The molecule has 0 spiro atoms. The average molecular weight is 328 g/mol. The van der Waals surface area contributed by atoms with Crippen LogP contribution >= 0.6 is 15.9 Å². The van der Waals surface area contributed by atoms with Crippen LogP contribution in [0, 0.1) is 11.8 Å². The van der Waals surface area contributed by atoms with E-state index in [0.717, 1.165) is 10.0 Å². The molecule has 1 aliphatic rings. The Labute approximate surface area is 119 Å². The first-order chi connectivity index (χ1) is 9.04. The number of carboxylic acid groups (broad SMARTS) is 1. The molecule has 0 aromatic heterocycles.